The van der Waals surface area contributed by atoms with Crippen LogP contribution in [0, 0.1) is 0 Å². The highest BCUT2D eigenvalue weighted by Gasteiger charge is 2.52. The second-order valence-electron chi connectivity index (χ2n) is 5.75. The molecule has 2 fully saturated rings. The fraction of sp³-hybridized carbons (Fsp3) is 1.00. The summed E-state index contributed by atoms with van der Waals surface area (Å²) < 4.78 is 10.2. The first kappa shape index (κ1) is 18.9. The van der Waals surface area contributed by atoms with Crippen molar-refractivity contribution in [3.63, 3.8) is 0 Å². The third-order valence-corrected chi connectivity index (χ3v) is 4.21. The van der Waals surface area contributed by atoms with Gasteiger partial charge in [0.15, 0.2) is 6.29 Å². The lowest BCUT2D eigenvalue weighted by atomic mass is 9.84. The van der Waals surface area contributed by atoms with Crippen molar-refractivity contribution in [2.75, 3.05) is 6.61 Å². The fourth-order valence-electron chi connectivity index (χ4n) is 2.69. The van der Waals surface area contributed by atoms with Crippen LogP contribution in [0.3, 0.4) is 0 Å². The Morgan fingerprint density at radius 2 is 1.04 bits per heavy atom. The van der Waals surface area contributed by atoms with Gasteiger partial charge in [0.2, 0.25) is 0 Å². The highest BCUT2D eigenvalue weighted by Crippen LogP contribution is 2.29. The van der Waals surface area contributed by atoms with E-state index in [9.17, 15) is 40.9 Å². The molecule has 0 spiro atoms. The van der Waals surface area contributed by atoms with Crippen molar-refractivity contribution in [1.29, 1.82) is 0 Å². The lowest BCUT2D eigenvalue weighted by Crippen LogP contribution is -2.67. The van der Waals surface area contributed by atoms with Gasteiger partial charge in [-0.25, -0.2) is 0 Å². The molecule has 136 valence electrons. The average molecular weight is 342 g/mol. The maximum Gasteiger partial charge on any atom is 0.187 e. The molecule has 0 aromatic heterocycles. The van der Waals surface area contributed by atoms with E-state index in [1.165, 1.54) is 0 Å². The highest BCUT2D eigenvalue weighted by atomic mass is 16.7. The smallest absolute Gasteiger partial charge is 0.187 e. The second-order valence-corrected chi connectivity index (χ2v) is 5.75. The molecule has 1 heterocycles. The molecule has 2 rings (SSSR count). The van der Waals surface area contributed by atoms with E-state index >= 15 is 0 Å². The molecule has 0 bridgehead atoms. The van der Waals surface area contributed by atoms with E-state index in [4.69, 9.17) is 14.6 Å². The Morgan fingerprint density at radius 1 is 0.609 bits per heavy atom. The van der Waals surface area contributed by atoms with Crippen LogP contribution in [0.4, 0.5) is 0 Å². The van der Waals surface area contributed by atoms with Gasteiger partial charge in [-0.05, 0) is 0 Å². The SMILES string of the molecule is OCC1O[C@@H](OC2C(O)C(O)C(O)C(O)[C@H]2O)C(O)[C@@H](O)[C@H]1O. The third-order valence-electron chi connectivity index (χ3n) is 4.21. The van der Waals surface area contributed by atoms with Crippen molar-refractivity contribution < 1.29 is 55.4 Å². The maximum atomic E-state index is 9.85. The van der Waals surface area contributed by atoms with Gasteiger partial charge < -0.3 is 55.4 Å². The molecule has 7 unspecified atom stereocenters. The van der Waals surface area contributed by atoms with Crippen molar-refractivity contribution in [3.8, 4) is 0 Å². The number of hydrogen-bond donors (Lipinski definition) is 9. The minimum Gasteiger partial charge on any atom is -0.394 e. The molecule has 9 N–H and O–H groups in total. The minimum absolute atomic E-state index is 0.704. The molecular formula is C12H22O11. The van der Waals surface area contributed by atoms with Crippen LogP contribution in [0.1, 0.15) is 0 Å². The summed E-state index contributed by atoms with van der Waals surface area (Å²) in [6, 6.07) is 0. The Bertz CT molecular complexity index is 377. The molecule has 1 saturated carbocycles. The predicted octanol–water partition coefficient (Wildman–Crippen LogP) is -6.01. The first-order chi connectivity index (χ1) is 10.7. The predicted molar refractivity (Wildman–Crippen MR) is 68.7 cm³/mol. The Kier molecular flexibility index (Phi) is 5.92. The third kappa shape index (κ3) is 3.36. The number of hydrogen-bond acceptors (Lipinski definition) is 11. The molecule has 1 saturated heterocycles. The Hall–Kier alpha value is -0.440. The molecule has 11 atom stereocenters. The maximum absolute atomic E-state index is 9.85. The summed E-state index contributed by atoms with van der Waals surface area (Å²) in [6.07, 6.45) is -18.9. The van der Waals surface area contributed by atoms with Crippen LogP contribution in [-0.2, 0) is 9.47 Å². The topological polar surface area (TPSA) is 201 Å². The summed E-state index contributed by atoms with van der Waals surface area (Å²) in [5, 5.41) is 86.6. The van der Waals surface area contributed by atoms with Crippen LogP contribution in [0.2, 0.25) is 0 Å². The van der Waals surface area contributed by atoms with Crippen molar-refractivity contribution >= 4 is 0 Å². The van der Waals surface area contributed by atoms with Gasteiger partial charge in [-0.3, -0.25) is 0 Å². The zero-order valence-electron chi connectivity index (χ0n) is 11.9. The monoisotopic (exact) mass is 342 g/mol. The number of aliphatic hydroxyl groups is 9. The minimum atomic E-state index is -1.83. The van der Waals surface area contributed by atoms with Crippen molar-refractivity contribution in [1.82, 2.24) is 0 Å². The van der Waals surface area contributed by atoms with Crippen LogP contribution in [-0.4, -0.2) is 120 Å². The lowest BCUT2D eigenvalue weighted by Gasteiger charge is -2.45. The van der Waals surface area contributed by atoms with Crippen molar-refractivity contribution in [2.45, 2.75) is 67.3 Å². The van der Waals surface area contributed by atoms with E-state index in [0.717, 1.165) is 0 Å². The normalized spacial score (nSPS) is 54.9. The van der Waals surface area contributed by atoms with Gasteiger partial charge in [0.25, 0.3) is 0 Å². The van der Waals surface area contributed by atoms with Crippen LogP contribution in [0.25, 0.3) is 0 Å². The van der Waals surface area contributed by atoms with Crippen LogP contribution in [0.5, 0.6) is 0 Å². The quantitative estimate of drug-likeness (QED) is 0.236. The van der Waals surface area contributed by atoms with Crippen LogP contribution < -0.4 is 0 Å². The zero-order valence-corrected chi connectivity index (χ0v) is 11.9. The zero-order chi connectivity index (χ0) is 17.5. The second kappa shape index (κ2) is 7.21. The van der Waals surface area contributed by atoms with Gasteiger partial charge in [0, 0.05) is 0 Å². The van der Waals surface area contributed by atoms with Gasteiger partial charge in [-0.1, -0.05) is 0 Å². The van der Waals surface area contributed by atoms with E-state index in [1.54, 1.807) is 0 Å². The Morgan fingerprint density at radius 3 is 1.52 bits per heavy atom. The summed E-state index contributed by atoms with van der Waals surface area (Å²) in [7, 11) is 0. The van der Waals surface area contributed by atoms with Gasteiger partial charge >= 0.3 is 0 Å². The van der Waals surface area contributed by atoms with E-state index in [-0.39, 0.29) is 0 Å². The molecule has 0 amide bonds. The number of aliphatic hydroxyl groups excluding tert-OH is 9. The van der Waals surface area contributed by atoms with Gasteiger partial charge in [-0.15, -0.1) is 0 Å². The van der Waals surface area contributed by atoms with E-state index in [0.29, 0.717) is 0 Å². The van der Waals surface area contributed by atoms with E-state index < -0.39 is 73.9 Å². The molecule has 1 aliphatic heterocycles. The summed E-state index contributed by atoms with van der Waals surface area (Å²) in [5.41, 5.74) is 0. The van der Waals surface area contributed by atoms with Crippen molar-refractivity contribution in [2.24, 2.45) is 0 Å². The molecule has 11 heteroatoms. The van der Waals surface area contributed by atoms with Gasteiger partial charge in [0.1, 0.15) is 61.0 Å². The molecule has 2 aliphatic rings. The molecule has 23 heavy (non-hydrogen) atoms. The largest absolute Gasteiger partial charge is 0.394 e. The average Bonchev–Trinajstić information content (AvgIpc) is 2.54. The summed E-state index contributed by atoms with van der Waals surface area (Å²) >= 11 is 0. The molecule has 11 nitrogen and oxygen atoms in total. The molecule has 1 aliphatic carbocycles. The van der Waals surface area contributed by atoms with Gasteiger partial charge in [0.05, 0.1) is 6.61 Å². The lowest BCUT2D eigenvalue weighted by molar-refractivity contribution is -0.339. The Balaban J connectivity index is 2.13. The summed E-state index contributed by atoms with van der Waals surface area (Å²) in [6.45, 7) is -0.704. The fourth-order valence-corrected chi connectivity index (χ4v) is 2.69. The number of ether oxygens (including phenoxy) is 2. The van der Waals surface area contributed by atoms with Gasteiger partial charge in [-0.2, -0.15) is 0 Å². The highest BCUT2D eigenvalue weighted by molar-refractivity contribution is 5.00. The molecule has 0 radical (unpaired) electrons. The van der Waals surface area contributed by atoms with Crippen molar-refractivity contribution in [3.05, 3.63) is 0 Å². The van der Waals surface area contributed by atoms with E-state index in [1.807, 2.05) is 0 Å². The molecule has 0 aromatic rings. The first-order valence-electron chi connectivity index (χ1n) is 7.07. The first-order valence-corrected chi connectivity index (χ1v) is 7.07. The summed E-state index contributed by atoms with van der Waals surface area (Å²) in [4.78, 5) is 0. The van der Waals surface area contributed by atoms with E-state index in [2.05, 4.69) is 0 Å². The summed E-state index contributed by atoms with van der Waals surface area (Å²) in [5.74, 6) is 0. The molecular weight excluding hydrogens is 320 g/mol. The number of rotatable bonds is 3. The molecule has 0 aromatic carbocycles. The standard InChI is InChI=1S/C12H22O11/c13-1-2-3(14)4(15)10(21)12(22-2)23-11-8(19)6(17)5(16)7(18)9(11)20/h2-21H,1H2/t2?,3-,4-,5?,6?,7?,8+,9?,10?,11?,12-/m0/s1. The van der Waals surface area contributed by atoms with Crippen LogP contribution in [0.15, 0.2) is 0 Å². The Labute approximate surface area is 130 Å². The van der Waals surface area contributed by atoms with Crippen LogP contribution >= 0.6 is 0 Å².